The zero-order valence-electron chi connectivity index (χ0n) is 11.1. The topological polar surface area (TPSA) is 77.5 Å². The maximum atomic E-state index is 12.6. The lowest BCUT2D eigenvalue weighted by atomic mass is 9.85. The zero-order valence-corrected chi connectivity index (χ0v) is 11.1. The molecule has 2 aliphatic carbocycles. The second-order valence-electron chi connectivity index (χ2n) is 5.85. The van der Waals surface area contributed by atoms with E-state index >= 15 is 0 Å². The molecule has 4 atom stereocenters. The summed E-state index contributed by atoms with van der Waals surface area (Å²) in [5.41, 5.74) is 0.284. The minimum atomic E-state index is -1.32. The van der Waals surface area contributed by atoms with E-state index < -0.39 is 5.97 Å². The highest BCUT2D eigenvalue weighted by Crippen LogP contribution is 2.53. The van der Waals surface area contributed by atoms with E-state index in [1.807, 2.05) is 12.2 Å². The number of carboxylic acids is 1. The number of carbonyl (C=O) groups excluding carboxylic acids is 3. The predicted molar refractivity (Wildman–Crippen MR) is 71.0 cm³/mol. The summed E-state index contributed by atoms with van der Waals surface area (Å²) in [4.78, 5) is 37.2. The Balaban J connectivity index is 1.74. The third-order valence-corrected chi connectivity index (χ3v) is 4.81. The molecule has 0 spiro atoms. The van der Waals surface area contributed by atoms with Crippen LogP contribution in [0.2, 0.25) is 0 Å². The third-order valence-electron chi connectivity index (χ3n) is 4.81. The highest BCUT2D eigenvalue weighted by molar-refractivity contribution is 6.23. The van der Waals surface area contributed by atoms with Crippen LogP contribution in [0.5, 0.6) is 0 Å². The monoisotopic (exact) mass is 282 g/mol. The molecule has 0 aromatic heterocycles. The number of carbonyl (C=O) groups is 3. The van der Waals surface area contributed by atoms with Gasteiger partial charge in [0.05, 0.1) is 23.5 Å². The average molecular weight is 282 g/mol. The molecule has 21 heavy (non-hydrogen) atoms. The third kappa shape index (κ3) is 1.54. The van der Waals surface area contributed by atoms with Gasteiger partial charge in [-0.05, 0) is 36.0 Å². The number of nitrogens with zero attached hydrogens (tertiary/aromatic N) is 1. The largest absolute Gasteiger partial charge is 0.545 e. The molecule has 1 aromatic rings. The quantitative estimate of drug-likeness (QED) is 0.579. The van der Waals surface area contributed by atoms with Crippen LogP contribution in [-0.2, 0) is 9.59 Å². The van der Waals surface area contributed by atoms with Gasteiger partial charge in [0.25, 0.3) is 0 Å². The van der Waals surface area contributed by atoms with Crippen molar-refractivity contribution in [2.75, 3.05) is 4.90 Å². The van der Waals surface area contributed by atoms with E-state index in [0.29, 0.717) is 5.69 Å². The summed E-state index contributed by atoms with van der Waals surface area (Å²) in [6.45, 7) is 0. The van der Waals surface area contributed by atoms with Crippen molar-refractivity contribution in [2.24, 2.45) is 23.7 Å². The van der Waals surface area contributed by atoms with Gasteiger partial charge < -0.3 is 9.90 Å². The van der Waals surface area contributed by atoms with Crippen LogP contribution in [0.4, 0.5) is 5.69 Å². The number of fused-ring (bicyclic) bond motifs is 5. The maximum absolute atomic E-state index is 12.6. The Morgan fingerprint density at radius 1 is 1.10 bits per heavy atom. The van der Waals surface area contributed by atoms with Crippen LogP contribution in [0.3, 0.4) is 0 Å². The minimum Gasteiger partial charge on any atom is -0.545 e. The molecule has 1 aromatic carbocycles. The lowest BCUT2D eigenvalue weighted by Gasteiger charge is -2.18. The standard InChI is InChI=1S/C16H13NO4/c18-14-12-8-4-5-9(6-8)13(12)15(19)17(14)11-3-1-2-10(7-11)16(20)21/h1-5,7-9,12-13H,6H2,(H,20,21)/p-1. The summed E-state index contributed by atoms with van der Waals surface area (Å²) in [5, 5.41) is 10.9. The van der Waals surface area contributed by atoms with Crippen LogP contribution >= 0.6 is 0 Å². The number of hydrogen-bond acceptors (Lipinski definition) is 4. The molecule has 0 N–H and O–H groups in total. The number of amides is 2. The number of benzene rings is 1. The fourth-order valence-corrected chi connectivity index (χ4v) is 3.93. The van der Waals surface area contributed by atoms with Crippen LogP contribution < -0.4 is 10.0 Å². The maximum Gasteiger partial charge on any atom is 0.238 e. The normalized spacial score (nSPS) is 32.9. The molecule has 2 amide bonds. The molecule has 4 rings (SSSR count). The number of allylic oxidation sites excluding steroid dienone is 2. The van der Waals surface area contributed by atoms with Gasteiger partial charge in [-0.1, -0.05) is 24.3 Å². The van der Waals surface area contributed by atoms with Crippen LogP contribution in [0.15, 0.2) is 36.4 Å². The van der Waals surface area contributed by atoms with Crippen LogP contribution in [0, 0.1) is 23.7 Å². The molecule has 1 heterocycles. The average Bonchev–Trinajstić information content (AvgIpc) is 3.13. The fraction of sp³-hybridized carbons (Fsp3) is 0.312. The van der Waals surface area contributed by atoms with Crippen molar-refractivity contribution >= 4 is 23.5 Å². The minimum absolute atomic E-state index is 0.0359. The SMILES string of the molecule is O=C([O-])c1cccc(N2C(=O)C3C4C=CC(C4)C3C2=O)c1. The van der Waals surface area contributed by atoms with Crippen LogP contribution in [0.25, 0.3) is 0 Å². The van der Waals surface area contributed by atoms with E-state index in [-0.39, 0.29) is 41.0 Å². The van der Waals surface area contributed by atoms with E-state index in [9.17, 15) is 19.5 Å². The molecule has 2 fully saturated rings. The van der Waals surface area contributed by atoms with Crippen molar-refractivity contribution in [3.8, 4) is 0 Å². The van der Waals surface area contributed by atoms with E-state index in [4.69, 9.17) is 0 Å². The molecule has 1 saturated heterocycles. The summed E-state index contributed by atoms with van der Waals surface area (Å²) in [6.07, 6.45) is 4.93. The molecule has 3 aliphatic rings. The second-order valence-corrected chi connectivity index (χ2v) is 5.85. The molecule has 106 valence electrons. The van der Waals surface area contributed by atoms with Gasteiger partial charge >= 0.3 is 0 Å². The molecule has 1 saturated carbocycles. The summed E-state index contributed by atoms with van der Waals surface area (Å²) >= 11 is 0. The van der Waals surface area contributed by atoms with Crippen molar-refractivity contribution in [1.29, 1.82) is 0 Å². The number of hydrogen-bond donors (Lipinski definition) is 0. The number of carboxylic acid groups (broad SMARTS) is 1. The highest BCUT2D eigenvalue weighted by atomic mass is 16.4. The lowest BCUT2D eigenvalue weighted by molar-refractivity contribution is -0.255. The molecule has 1 aliphatic heterocycles. The van der Waals surface area contributed by atoms with Gasteiger partial charge in [0.2, 0.25) is 11.8 Å². The Morgan fingerprint density at radius 3 is 2.29 bits per heavy atom. The Bertz CT molecular complexity index is 678. The van der Waals surface area contributed by atoms with E-state index in [1.54, 1.807) is 6.07 Å². The molecule has 5 nitrogen and oxygen atoms in total. The highest BCUT2D eigenvalue weighted by Gasteiger charge is 2.59. The van der Waals surface area contributed by atoms with E-state index in [0.717, 1.165) is 11.3 Å². The van der Waals surface area contributed by atoms with E-state index in [2.05, 4.69) is 0 Å². The number of aromatic carboxylic acids is 1. The van der Waals surface area contributed by atoms with Crippen molar-refractivity contribution < 1.29 is 19.5 Å². The van der Waals surface area contributed by atoms with Gasteiger partial charge in [0, 0.05) is 0 Å². The Labute approximate surface area is 120 Å². The number of imide groups is 1. The Hall–Kier alpha value is -2.43. The first-order chi connectivity index (χ1) is 10.1. The molecular formula is C16H12NO4-. The summed E-state index contributed by atoms with van der Waals surface area (Å²) in [7, 11) is 0. The first kappa shape index (κ1) is 12.3. The first-order valence-electron chi connectivity index (χ1n) is 6.95. The zero-order chi connectivity index (χ0) is 14.7. The number of anilines is 1. The van der Waals surface area contributed by atoms with Gasteiger partial charge in [-0.25, -0.2) is 4.90 Å². The van der Waals surface area contributed by atoms with Crippen LogP contribution in [-0.4, -0.2) is 17.8 Å². The molecule has 0 radical (unpaired) electrons. The summed E-state index contributed by atoms with van der Waals surface area (Å²) in [5.74, 6) is -2.01. The van der Waals surface area contributed by atoms with Gasteiger partial charge in [0.1, 0.15) is 0 Å². The van der Waals surface area contributed by atoms with E-state index in [1.165, 1.54) is 18.2 Å². The number of rotatable bonds is 2. The molecule has 4 unspecified atom stereocenters. The second kappa shape index (κ2) is 4.04. The van der Waals surface area contributed by atoms with Gasteiger partial charge in [0.15, 0.2) is 0 Å². The van der Waals surface area contributed by atoms with Gasteiger partial charge in [-0.3, -0.25) is 9.59 Å². The summed E-state index contributed by atoms with van der Waals surface area (Å²) < 4.78 is 0. The van der Waals surface area contributed by atoms with Crippen LogP contribution in [0.1, 0.15) is 16.8 Å². The van der Waals surface area contributed by atoms with Gasteiger partial charge in [-0.15, -0.1) is 0 Å². The molecular weight excluding hydrogens is 270 g/mol. The Kier molecular flexibility index (Phi) is 2.37. The van der Waals surface area contributed by atoms with Crippen molar-refractivity contribution in [3.05, 3.63) is 42.0 Å². The molecule has 5 heteroatoms. The lowest BCUT2D eigenvalue weighted by Crippen LogP contribution is -2.33. The first-order valence-corrected chi connectivity index (χ1v) is 6.95. The fourth-order valence-electron chi connectivity index (χ4n) is 3.93. The smallest absolute Gasteiger partial charge is 0.238 e. The Morgan fingerprint density at radius 2 is 1.71 bits per heavy atom. The predicted octanol–water partition coefficient (Wildman–Crippen LogP) is 0.362. The summed E-state index contributed by atoms with van der Waals surface area (Å²) in [6, 6.07) is 5.80. The molecule has 2 bridgehead atoms. The van der Waals surface area contributed by atoms with Crippen molar-refractivity contribution in [3.63, 3.8) is 0 Å². The van der Waals surface area contributed by atoms with Crippen molar-refractivity contribution in [1.82, 2.24) is 0 Å². The van der Waals surface area contributed by atoms with Crippen molar-refractivity contribution in [2.45, 2.75) is 6.42 Å². The van der Waals surface area contributed by atoms with Gasteiger partial charge in [-0.2, -0.15) is 0 Å².